The Morgan fingerprint density at radius 3 is 0.708 bits per heavy atom. The predicted octanol–water partition coefficient (Wildman–Crippen LogP) is 13.0. The first kappa shape index (κ1) is 30.3. The molecule has 0 saturated heterocycles. The van der Waals surface area contributed by atoms with Gasteiger partial charge in [0.2, 0.25) is 0 Å². The van der Waals surface area contributed by atoms with Gasteiger partial charge in [-0.3, -0.25) is 0 Å². The summed E-state index contributed by atoms with van der Waals surface area (Å²) in [5.41, 5.74) is 11.3. The summed E-state index contributed by atoms with van der Waals surface area (Å²) in [5.74, 6) is 0. The highest BCUT2D eigenvalue weighted by Crippen LogP contribution is 2.39. The molecule has 7 aromatic carbocycles. The highest BCUT2D eigenvalue weighted by atomic mass is 15.2. The van der Waals surface area contributed by atoms with Gasteiger partial charge in [-0.15, -0.1) is 0 Å². The second-order valence-corrected chi connectivity index (χ2v) is 11.5. The Hall–Kier alpha value is -6.38. The van der Waals surface area contributed by atoms with E-state index in [1.54, 1.807) is 0 Å². The summed E-state index contributed by atoms with van der Waals surface area (Å²) in [4.78, 5) is 4.60. The quantitative estimate of drug-likeness (QED) is 0.141. The number of hydrogen-bond acceptors (Lipinski definition) is 2. The number of rotatable bonds is 10. The predicted molar refractivity (Wildman–Crippen MR) is 207 cm³/mol. The Balaban J connectivity index is 1.18. The lowest BCUT2D eigenvalue weighted by atomic mass is 10.1. The number of benzene rings is 7. The van der Waals surface area contributed by atoms with E-state index in [1.165, 1.54) is 11.1 Å². The fourth-order valence-corrected chi connectivity index (χ4v) is 5.78. The monoisotopic (exact) mass is 616 g/mol. The maximum absolute atomic E-state index is 2.30. The Labute approximate surface area is 283 Å². The zero-order valence-electron chi connectivity index (χ0n) is 26.7. The molecule has 0 heterocycles. The van der Waals surface area contributed by atoms with Gasteiger partial charge in [-0.2, -0.15) is 0 Å². The Morgan fingerprint density at radius 1 is 0.208 bits per heavy atom. The van der Waals surface area contributed by atoms with Crippen LogP contribution in [0.25, 0.3) is 24.3 Å². The van der Waals surface area contributed by atoms with Gasteiger partial charge in [0.05, 0.1) is 0 Å². The average molecular weight is 617 g/mol. The van der Waals surface area contributed by atoms with Crippen molar-refractivity contribution in [3.8, 4) is 0 Å². The number of nitrogens with zero attached hydrogens (tertiary/aromatic N) is 2. The topological polar surface area (TPSA) is 6.48 Å². The van der Waals surface area contributed by atoms with E-state index in [9.17, 15) is 0 Å². The molecule has 0 aromatic heterocycles. The molecule has 0 unspecified atom stereocenters. The molecule has 0 fully saturated rings. The molecule has 0 aliphatic rings. The molecule has 7 rings (SSSR count). The van der Waals surface area contributed by atoms with Crippen molar-refractivity contribution in [2.24, 2.45) is 0 Å². The van der Waals surface area contributed by atoms with Gasteiger partial charge in [0, 0.05) is 34.1 Å². The fraction of sp³-hybridized carbons (Fsp3) is 0. The third-order valence-corrected chi connectivity index (χ3v) is 8.23. The standard InChI is InChI=1S/C46H36N2/c1-5-13-37(14-6-1)21-23-39-25-29-43(30-26-39)47(41-17-9-3-10-18-41)45-33-35-46(36-34-45)48(42-19-11-4-12-20-42)44-31-27-40(28-32-44)24-22-38-15-7-2-8-16-38/h1-36H. The molecule has 230 valence electrons. The minimum Gasteiger partial charge on any atom is -0.311 e. The minimum absolute atomic E-state index is 1.09. The number of hydrogen-bond donors (Lipinski definition) is 0. The summed E-state index contributed by atoms with van der Waals surface area (Å²) < 4.78 is 0. The van der Waals surface area contributed by atoms with E-state index in [4.69, 9.17) is 0 Å². The van der Waals surface area contributed by atoms with Crippen molar-refractivity contribution in [3.63, 3.8) is 0 Å². The smallest absolute Gasteiger partial charge is 0.0463 e. The lowest BCUT2D eigenvalue weighted by molar-refractivity contribution is 1.25. The van der Waals surface area contributed by atoms with Gasteiger partial charge in [0.1, 0.15) is 0 Å². The van der Waals surface area contributed by atoms with E-state index in [0.717, 1.165) is 45.3 Å². The van der Waals surface area contributed by atoms with Crippen LogP contribution < -0.4 is 9.80 Å². The van der Waals surface area contributed by atoms with Crippen molar-refractivity contribution >= 4 is 58.4 Å². The zero-order chi connectivity index (χ0) is 32.4. The lowest BCUT2D eigenvalue weighted by Crippen LogP contribution is -2.12. The van der Waals surface area contributed by atoms with Crippen molar-refractivity contribution in [2.75, 3.05) is 9.80 Å². The van der Waals surface area contributed by atoms with E-state index in [0.29, 0.717) is 0 Å². The molecule has 0 N–H and O–H groups in total. The van der Waals surface area contributed by atoms with Gasteiger partial charge in [-0.05, 0) is 95.1 Å². The van der Waals surface area contributed by atoms with Gasteiger partial charge in [0.25, 0.3) is 0 Å². The largest absolute Gasteiger partial charge is 0.311 e. The van der Waals surface area contributed by atoms with Gasteiger partial charge in [-0.1, -0.05) is 146 Å². The van der Waals surface area contributed by atoms with Crippen molar-refractivity contribution in [3.05, 3.63) is 216 Å². The van der Waals surface area contributed by atoms with Crippen LogP contribution in [-0.4, -0.2) is 0 Å². The maximum atomic E-state index is 2.30. The van der Waals surface area contributed by atoms with Crippen molar-refractivity contribution < 1.29 is 0 Å². The van der Waals surface area contributed by atoms with Crippen molar-refractivity contribution in [1.82, 2.24) is 0 Å². The number of anilines is 6. The van der Waals surface area contributed by atoms with Crippen molar-refractivity contribution in [1.29, 1.82) is 0 Å². The lowest BCUT2D eigenvalue weighted by Gasteiger charge is -2.28. The summed E-state index contributed by atoms with van der Waals surface area (Å²) in [7, 11) is 0. The molecule has 7 aromatic rings. The molecular formula is C46H36N2. The SMILES string of the molecule is C(=Cc1ccc(N(c2ccccc2)c2ccc(N(c3ccccc3)c3ccc(C=Cc4ccccc4)cc3)cc2)cc1)c1ccccc1. The van der Waals surface area contributed by atoms with Gasteiger partial charge in [0.15, 0.2) is 0 Å². The van der Waals surface area contributed by atoms with Gasteiger partial charge < -0.3 is 9.80 Å². The molecule has 0 atom stereocenters. The first-order chi connectivity index (χ1) is 23.8. The average Bonchev–Trinajstić information content (AvgIpc) is 3.17. The fourth-order valence-electron chi connectivity index (χ4n) is 5.78. The van der Waals surface area contributed by atoms with E-state index in [1.807, 2.05) is 12.1 Å². The Morgan fingerprint density at radius 2 is 0.417 bits per heavy atom. The first-order valence-corrected chi connectivity index (χ1v) is 16.3. The minimum atomic E-state index is 1.09. The van der Waals surface area contributed by atoms with E-state index >= 15 is 0 Å². The van der Waals surface area contributed by atoms with E-state index < -0.39 is 0 Å². The molecule has 0 radical (unpaired) electrons. The molecule has 0 bridgehead atoms. The van der Waals surface area contributed by atoms with Crippen LogP contribution in [0.15, 0.2) is 194 Å². The van der Waals surface area contributed by atoms with Crippen LogP contribution >= 0.6 is 0 Å². The van der Waals surface area contributed by atoms with Crippen LogP contribution in [0.2, 0.25) is 0 Å². The molecule has 0 aliphatic carbocycles. The van der Waals surface area contributed by atoms with E-state index in [2.05, 4.69) is 216 Å². The van der Waals surface area contributed by atoms with Crippen molar-refractivity contribution in [2.45, 2.75) is 0 Å². The molecule has 2 heteroatoms. The Kier molecular flexibility index (Phi) is 9.34. The van der Waals surface area contributed by atoms with Gasteiger partial charge >= 0.3 is 0 Å². The third kappa shape index (κ3) is 7.36. The zero-order valence-corrected chi connectivity index (χ0v) is 26.7. The highest BCUT2D eigenvalue weighted by Gasteiger charge is 2.15. The summed E-state index contributed by atoms with van der Waals surface area (Å²) in [6.07, 6.45) is 8.61. The van der Waals surface area contributed by atoms with Crippen LogP contribution in [0, 0.1) is 0 Å². The normalized spacial score (nSPS) is 11.2. The van der Waals surface area contributed by atoms with Crippen LogP contribution in [0.4, 0.5) is 34.1 Å². The van der Waals surface area contributed by atoms with Gasteiger partial charge in [-0.25, -0.2) is 0 Å². The third-order valence-electron chi connectivity index (χ3n) is 8.23. The summed E-state index contributed by atoms with van der Waals surface area (Å²) in [6.45, 7) is 0. The summed E-state index contributed by atoms with van der Waals surface area (Å²) in [6, 6.07) is 68.2. The maximum Gasteiger partial charge on any atom is 0.0463 e. The molecule has 48 heavy (non-hydrogen) atoms. The summed E-state index contributed by atoms with van der Waals surface area (Å²) in [5, 5.41) is 0. The highest BCUT2D eigenvalue weighted by molar-refractivity contribution is 5.82. The van der Waals surface area contributed by atoms with Crippen LogP contribution in [0.1, 0.15) is 22.3 Å². The van der Waals surface area contributed by atoms with E-state index in [-0.39, 0.29) is 0 Å². The molecule has 0 saturated carbocycles. The summed E-state index contributed by atoms with van der Waals surface area (Å²) >= 11 is 0. The molecular weight excluding hydrogens is 581 g/mol. The molecule has 0 amide bonds. The molecule has 0 spiro atoms. The Bertz CT molecular complexity index is 1910. The second-order valence-electron chi connectivity index (χ2n) is 11.5. The van der Waals surface area contributed by atoms with Crippen LogP contribution in [-0.2, 0) is 0 Å². The first-order valence-electron chi connectivity index (χ1n) is 16.3. The second kappa shape index (κ2) is 14.8. The molecule has 2 nitrogen and oxygen atoms in total. The van der Waals surface area contributed by atoms with Crippen LogP contribution in [0.5, 0.6) is 0 Å². The van der Waals surface area contributed by atoms with Crippen LogP contribution in [0.3, 0.4) is 0 Å². The number of para-hydroxylation sites is 2. The molecule has 0 aliphatic heterocycles.